The summed E-state index contributed by atoms with van der Waals surface area (Å²) in [5.74, 6) is 0.0578. The molecule has 0 aromatic heterocycles. The van der Waals surface area contributed by atoms with Crippen LogP contribution in [0.25, 0.3) is 0 Å². The Labute approximate surface area is 92.1 Å². The van der Waals surface area contributed by atoms with Gasteiger partial charge < -0.3 is 11.1 Å². The summed E-state index contributed by atoms with van der Waals surface area (Å²) in [7, 11) is 0. The van der Waals surface area contributed by atoms with E-state index in [2.05, 4.69) is 11.9 Å². The molecule has 1 rings (SSSR count). The van der Waals surface area contributed by atoms with Gasteiger partial charge >= 0.3 is 0 Å². The number of carbonyl (C=O) groups excluding carboxylic acids is 1. The van der Waals surface area contributed by atoms with E-state index >= 15 is 0 Å². The number of rotatable bonds is 4. The molecular formula is C12H22N2O. The van der Waals surface area contributed by atoms with Gasteiger partial charge in [0.05, 0.1) is 0 Å². The van der Waals surface area contributed by atoms with Crippen molar-refractivity contribution >= 4 is 5.91 Å². The van der Waals surface area contributed by atoms with Gasteiger partial charge in [-0.05, 0) is 19.8 Å². The number of hydrogen-bond acceptors (Lipinski definition) is 2. The lowest BCUT2D eigenvalue weighted by molar-refractivity contribution is -0.122. The summed E-state index contributed by atoms with van der Waals surface area (Å²) in [4.78, 5) is 11.6. The van der Waals surface area contributed by atoms with Crippen molar-refractivity contribution in [1.29, 1.82) is 0 Å². The van der Waals surface area contributed by atoms with E-state index in [-0.39, 0.29) is 11.4 Å². The third-order valence-electron chi connectivity index (χ3n) is 2.95. The van der Waals surface area contributed by atoms with Crippen LogP contribution in [0, 0.1) is 0 Å². The third kappa shape index (κ3) is 4.47. The molecule has 0 aromatic rings. The van der Waals surface area contributed by atoms with Crippen molar-refractivity contribution in [1.82, 2.24) is 5.32 Å². The van der Waals surface area contributed by atoms with Crippen LogP contribution in [-0.2, 0) is 4.79 Å². The van der Waals surface area contributed by atoms with Crippen LogP contribution >= 0.6 is 0 Å². The van der Waals surface area contributed by atoms with Gasteiger partial charge in [-0.3, -0.25) is 4.79 Å². The second-order valence-corrected chi connectivity index (χ2v) is 4.83. The lowest BCUT2D eigenvalue weighted by atomic mass is 9.80. The molecular weight excluding hydrogens is 188 g/mol. The van der Waals surface area contributed by atoms with E-state index in [1.165, 1.54) is 6.42 Å². The average Bonchev–Trinajstić information content (AvgIpc) is 2.15. The van der Waals surface area contributed by atoms with Gasteiger partial charge in [0, 0.05) is 18.5 Å². The quantitative estimate of drug-likeness (QED) is 0.694. The highest BCUT2D eigenvalue weighted by Gasteiger charge is 2.29. The number of hydrogen-bond donors (Lipinski definition) is 2. The smallest absolute Gasteiger partial charge is 0.222 e. The summed E-state index contributed by atoms with van der Waals surface area (Å²) in [6, 6.07) is 0. The maximum absolute atomic E-state index is 11.6. The van der Waals surface area contributed by atoms with E-state index in [1.54, 1.807) is 0 Å². The molecule has 15 heavy (non-hydrogen) atoms. The molecule has 0 radical (unpaired) electrons. The fourth-order valence-corrected chi connectivity index (χ4v) is 2.06. The number of carbonyl (C=O) groups is 1. The van der Waals surface area contributed by atoms with Crippen molar-refractivity contribution in [2.24, 2.45) is 5.73 Å². The average molecular weight is 210 g/mol. The van der Waals surface area contributed by atoms with Crippen molar-refractivity contribution in [2.75, 3.05) is 6.54 Å². The molecule has 1 fully saturated rings. The monoisotopic (exact) mass is 210 g/mol. The molecule has 1 amide bonds. The van der Waals surface area contributed by atoms with Gasteiger partial charge in [-0.15, -0.1) is 0 Å². The van der Waals surface area contributed by atoms with Crippen molar-refractivity contribution in [3.8, 4) is 0 Å². The molecule has 0 saturated heterocycles. The van der Waals surface area contributed by atoms with Gasteiger partial charge in [-0.1, -0.05) is 31.4 Å². The maximum Gasteiger partial charge on any atom is 0.222 e. The lowest BCUT2D eigenvalue weighted by Crippen LogP contribution is -2.46. The van der Waals surface area contributed by atoms with Crippen LogP contribution in [0.15, 0.2) is 12.2 Å². The zero-order chi connectivity index (χ0) is 11.3. The van der Waals surface area contributed by atoms with Crippen LogP contribution in [0.2, 0.25) is 0 Å². The van der Waals surface area contributed by atoms with Crippen LogP contribution in [0.5, 0.6) is 0 Å². The summed E-state index contributed by atoms with van der Waals surface area (Å²) < 4.78 is 0. The van der Waals surface area contributed by atoms with Gasteiger partial charge in [0.2, 0.25) is 5.91 Å². The summed E-state index contributed by atoms with van der Waals surface area (Å²) in [6.45, 7) is 6.21. The Morgan fingerprint density at radius 1 is 1.40 bits per heavy atom. The molecule has 86 valence electrons. The maximum atomic E-state index is 11.6. The highest BCUT2D eigenvalue weighted by atomic mass is 16.1. The Bertz CT molecular complexity index is 242. The molecule has 3 nitrogen and oxygen atoms in total. The Morgan fingerprint density at radius 2 is 2.00 bits per heavy atom. The Balaban J connectivity index is 2.32. The minimum Gasteiger partial charge on any atom is -0.352 e. The highest BCUT2D eigenvalue weighted by molar-refractivity contribution is 5.77. The summed E-state index contributed by atoms with van der Waals surface area (Å²) in [5, 5.41) is 2.84. The van der Waals surface area contributed by atoms with Crippen LogP contribution in [0.4, 0.5) is 0 Å². The van der Waals surface area contributed by atoms with E-state index in [9.17, 15) is 4.79 Å². The first-order chi connectivity index (χ1) is 7.02. The molecule has 3 N–H and O–H groups in total. The lowest BCUT2D eigenvalue weighted by Gasteiger charge is -2.32. The first-order valence-corrected chi connectivity index (χ1v) is 5.72. The number of nitrogens with one attached hydrogen (secondary N) is 1. The van der Waals surface area contributed by atoms with Gasteiger partial charge in [-0.25, -0.2) is 0 Å². The van der Waals surface area contributed by atoms with Gasteiger partial charge in [0.15, 0.2) is 0 Å². The molecule has 0 aliphatic heterocycles. The second kappa shape index (κ2) is 5.31. The predicted molar refractivity (Wildman–Crippen MR) is 62.4 cm³/mol. The molecule has 1 aliphatic carbocycles. The molecule has 0 aromatic carbocycles. The topological polar surface area (TPSA) is 55.1 Å². The van der Waals surface area contributed by atoms with E-state index in [0.29, 0.717) is 13.0 Å². The molecule has 0 unspecified atom stereocenters. The molecule has 0 spiro atoms. The van der Waals surface area contributed by atoms with Crippen LogP contribution in [0.3, 0.4) is 0 Å². The second-order valence-electron chi connectivity index (χ2n) is 4.83. The molecule has 0 bridgehead atoms. The zero-order valence-electron chi connectivity index (χ0n) is 9.64. The Kier molecular flexibility index (Phi) is 4.33. The third-order valence-corrected chi connectivity index (χ3v) is 2.95. The van der Waals surface area contributed by atoms with E-state index in [4.69, 9.17) is 5.73 Å². The van der Waals surface area contributed by atoms with E-state index in [1.807, 2.05) is 6.92 Å². The SMILES string of the molecule is C=C(C)CNC(=O)CC1(N)CCCCC1. The largest absolute Gasteiger partial charge is 0.352 e. The first-order valence-electron chi connectivity index (χ1n) is 5.72. The number of amides is 1. The standard InChI is InChI=1S/C12H22N2O/c1-10(2)9-14-11(15)8-12(13)6-4-3-5-7-12/h1,3-9,13H2,2H3,(H,14,15). The van der Waals surface area contributed by atoms with E-state index in [0.717, 1.165) is 31.3 Å². The minimum absolute atomic E-state index is 0.0578. The molecule has 0 heterocycles. The van der Waals surface area contributed by atoms with Crippen LogP contribution in [-0.4, -0.2) is 18.0 Å². The normalized spacial score (nSPS) is 19.6. The van der Waals surface area contributed by atoms with Crippen molar-refractivity contribution < 1.29 is 4.79 Å². The molecule has 1 aliphatic rings. The molecule has 3 heteroatoms. The summed E-state index contributed by atoms with van der Waals surface area (Å²) in [5.41, 5.74) is 6.90. The fourth-order valence-electron chi connectivity index (χ4n) is 2.06. The van der Waals surface area contributed by atoms with Crippen LogP contribution < -0.4 is 11.1 Å². The summed E-state index contributed by atoms with van der Waals surface area (Å²) >= 11 is 0. The van der Waals surface area contributed by atoms with Gasteiger partial charge in [0.25, 0.3) is 0 Å². The highest BCUT2D eigenvalue weighted by Crippen LogP contribution is 2.28. The van der Waals surface area contributed by atoms with Crippen molar-refractivity contribution in [3.63, 3.8) is 0 Å². The van der Waals surface area contributed by atoms with Crippen molar-refractivity contribution in [3.05, 3.63) is 12.2 Å². The molecule has 0 atom stereocenters. The molecule has 1 saturated carbocycles. The van der Waals surface area contributed by atoms with E-state index < -0.39 is 0 Å². The fraction of sp³-hybridized carbons (Fsp3) is 0.750. The first kappa shape index (κ1) is 12.2. The van der Waals surface area contributed by atoms with Crippen LogP contribution in [0.1, 0.15) is 45.4 Å². The zero-order valence-corrected chi connectivity index (χ0v) is 9.64. The number of nitrogens with two attached hydrogens (primary N) is 1. The predicted octanol–water partition coefficient (Wildman–Crippen LogP) is 1.73. The summed E-state index contributed by atoms with van der Waals surface area (Å²) in [6.07, 6.45) is 5.99. The van der Waals surface area contributed by atoms with Gasteiger partial charge in [-0.2, -0.15) is 0 Å². The van der Waals surface area contributed by atoms with Gasteiger partial charge in [0.1, 0.15) is 0 Å². The van der Waals surface area contributed by atoms with Crippen molar-refractivity contribution in [2.45, 2.75) is 51.0 Å². The Morgan fingerprint density at radius 3 is 2.53 bits per heavy atom. The minimum atomic E-state index is -0.253. The Hall–Kier alpha value is -0.830.